The highest BCUT2D eigenvalue weighted by Crippen LogP contribution is 2.37. The molecular formula is C14H10F3NO2. The SMILES string of the molecule is Oc1ccc2c(c1)OCC2Nc1c(F)cc(F)cc1F. The molecule has 2 N–H and O–H groups in total. The van der Waals surface area contributed by atoms with Crippen molar-refractivity contribution in [2.24, 2.45) is 0 Å². The summed E-state index contributed by atoms with van der Waals surface area (Å²) >= 11 is 0. The van der Waals surface area contributed by atoms with Crippen LogP contribution in [0.3, 0.4) is 0 Å². The lowest BCUT2D eigenvalue weighted by molar-refractivity contribution is 0.337. The van der Waals surface area contributed by atoms with E-state index in [2.05, 4.69) is 5.32 Å². The van der Waals surface area contributed by atoms with Gasteiger partial charge in [0, 0.05) is 23.8 Å². The first-order chi connectivity index (χ1) is 9.54. The van der Waals surface area contributed by atoms with Crippen molar-refractivity contribution >= 4 is 5.69 Å². The Kier molecular flexibility index (Phi) is 2.93. The number of benzene rings is 2. The van der Waals surface area contributed by atoms with Crippen molar-refractivity contribution in [2.45, 2.75) is 6.04 Å². The molecule has 0 fully saturated rings. The first kappa shape index (κ1) is 12.7. The molecule has 2 aromatic rings. The van der Waals surface area contributed by atoms with Crippen molar-refractivity contribution in [2.75, 3.05) is 11.9 Å². The van der Waals surface area contributed by atoms with Gasteiger partial charge in [-0.05, 0) is 12.1 Å². The van der Waals surface area contributed by atoms with Gasteiger partial charge in [-0.1, -0.05) is 0 Å². The molecule has 1 heterocycles. The van der Waals surface area contributed by atoms with E-state index in [0.29, 0.717) is 23.4 Å². The summed E-state index contributed by atoms with van der Waals surface area (Å²) in [6.45, 7) is 0.162. The van der Waals surface area contributed by atoms with Crippen LogP contribution in [-0.4, -0.2) is 11.7 Å². The summed E-state index contributed by atoms with van der Waals surface area (Å²) in [6.07, 6.45) is 0. The molecule has 1 aliphatic heterocycles. The van der Waals surface area contributed by atoms with Gasteiger partial charge < -0.3 is 15.2 Å². The minimum Gasteiger partial charge on any atom is -0.508 e. The molecule has 6 heteroatoms. The number of aromatic hydroxyl groups is 1. The second-order valence-corrected chi connectivity index (χ2v) is 4.47. The highest BCUT2D eigenvalue weighted by Gasteiger charge is 2.26. The number of hydrogen-bond acceptors (Lipinski definition) is 3. The monoisotopic (exact) mass is 281 g/mol. The Morgan fingerprint density at radius 2 is 1.80 bits per heavy atom. The number of rotatable bonds is 2. The number of fused-ring (bicyclic) bond motifs is 1. The van der Waals surface area contributed by atoms with Crippen molar-refractivity contribution in [3.63, 3.8) is 0 Å². The standard InChI is InChI=1S/C14H10F3NO2/c15-7-3-10(16)14(11(17)4-7)18-12-6-20-13-5-8(19)1-2-9(12)13/h1-5,12,18-19H,6H2. The van der Waals surface area contributed by atoms with Crippen LogP contribution in [0.25, 0.3) is 0 Å². The molecule has 0 bridgehead atoms. The smallest absolute Gasteiger partial charge is 0.152 e. The highest BCUT2D eigenvalue weighted by atomic mass is 19.1. The molecule has 1 unspecified atom stereocenters. The molecule has 3 nitrogen and oxygen atoms in total. The summed E-state index contributed by atoms with van der Waals surface area (Å²) in [6, 6.07) is 5.24. The summed E-state index contributed by atoms with van der Waals surface area (Å²) in [5.74, 6) is -2.49. The molecule has 0 amide bonds. The fourth-order valence-corrected chi connectivity index (χ4v) is 2.17. The average molecular weight is 281 g/mol. The summed E-state index contributed by atoms with van der Waals surface area (Å²) in [5, 5.41) is 12.0. The Labute approximate surface area is 112 Å². The number of halogens is 3. The molecule has 20 heavy (non-hydrogen) atoms. The third kappa shape index (κ3) is 2.13. The molecule has 104 valence electrons. The van der Waals surface area contributed by atoms with Gasteiger partial charge in [-0.2, -0.15) is 0 Å². The Hall–Kier alpha value is -2.37. The van der Waals surface area contributed by atoms with Gasteiger partial charge in [0.15, 0.2) is 11.6 Å². The quantitative estimate of drug-likeness (QED) is 0.887. The number of hydrogen-bond donors (Lipinski definition) is 2. The van der Waals surface area contributed by atoms with Crippen LogP contribution in [0.5, 0.6) is 11.5 Å². The summed E-state index contributed by atoms with van der Waals surface area (Å²) in [7, 11) is 0. The van der Waals surface area contributed by atoms with Gasteiger partial charge in [0.05, 0.1) is 6.04 Å². The molecule has 0 saturated carbocycles. The van der Waals surface area contributed by atoms with Gasteiger partial charge in [-0.15, -0.1) is 0 Å². The normalized spacial score (nSPS) is 16.6. The van der Waals surface area contributed by atoms with Crippen LogP contribution in [-0.2, 0) is 0 Å². The van der Waals surface area contributed by atoms with Crippen LogP contribution < -0.4 is 10.1 Å². The van der Waals surface area contributed by atoms with Crippen LogP contribution >= 0.6 is 0 Å². The van der Waals surface area contributed by atoms with Gasteiger partial charge >= 0.3 is 0 Å². The van der Waals surface area contributed by atoms with Gasteiger partial charge in [-0.25, -0.2) is 13.2 Å². The maximum absolute atomic E-state index is 13.6. The van der Waals surface area contributed by atoms with Crippen LogP contribution in [0.15, 0.2) is 30.3 Å². The van der Waals surface area contributed by atoms with Crippen molar-refractivity contribution < 1.29 is 23.0 Å². The van der Waals surface area contributed by atoms with E-state index >= 15 is 0 Å². The van der Waals surface area contributed by atoms with Crippen molar-refractivity contribution in [1.29, 1.82) is 0 Å². The topological polar surface area (TPSA) is 41.5 Å². The maximum atomic E-state index is 13.6. The first-order valence-electron chi connectivity index (χ1n) is 5.91. The zero-order valence-corrected chi connectivity index (χ0v) is 10.2. The summed E-state index contributed by atoms with van der Waals surface area (Å²) < 4.78 is 45.3. The molecule has 3 rings (SSSR count). The van der Waals surface area contributed by atoms with E-state index in [1.165, 1.54) is 12.1 Å². The third-order valence-electron chi connectivity index (χ3n) is 3.10. The van der Waals surface area contributed by atoms with Gasteiger partial charge in [0.1, 0.15) is 29.6 Å². The van der Waals surface area contributed by atoms with Gasteiger partial charge in [-0.3, -0.25) is 0 Å². The number of phenols is 1. The van der Waals surface area contributed by atoms with Gasteiger partial charge in [0.2, 0.25) is 0 Å². The molecule has 0 aliphatic carbocycles. The molecule has 0 radical (unpaired) electrons. The van der Waals surface area contributed by atoms with E-state index in [-0.39, 0.29) is 12.4 Å². The fourth-order valence-electron chi connectivity index (χ4n) is 2.17. The molecule has 2 aromatic carbocycles. The lowest BCUT2D eigenvalue weighted by Crippen LogP contribution is -2.14. The molecule has 1 atom stereocenters. The van der Waals surface area contributed by atoms with Crippen LogP contribution in [0, 0.1) is 17.5 Å². The molecule has 0 aromatic heterocycles. The Morgan fingerprint density at radius 1 is 1.10 bits per heavy atom. The van der Waals surface area contributed by atoms with Crippen molar-refractivity contribution in [3.05, 3.63) is 53.3 Å². The Balaban J connectivity index is 1.91. The number of ether oxygens (including phenoxy) is 1. The van der Waals surface area contributed by atoms with E-state index in [1.807, 2.05) is 0 Å². The average Bonchev–Trinajstić information content (AvgIpc) is 2.76. The van der Waals surface area contributed by atoms with Gasteiger partial charge in [0.25, 0.3) is 0 Å². The van der Waals surface area contributed by atoms with Crippen molar-refractivity contribution in [3.8, 4) is 11.5 Å². The summed E-state index contributed by atoms with van der Waals surface area (Å²) in [5.41, 5.74) is 0.270. The second-order valence-electron chi connectivity index (χ2n) is 4.47. The van der Waals surface area contributed by atoms with E-state index < -0.39 is 29.2 Å². The number of anilines is 1. The van der Waals surface area contributed by atoms with E-state index in [9.17, 15) is 18.3 Å². The fraction of sp³-hybridized carbons (Fsp3) is 0.143. The van der Waals surface area contributed by atoms with Crippen LogP contribution in [0.4, 0.5) is 18.9 Å². The Bertz CT molecular complexity index is 652. The van der Waals surface area contributed by atoms with E-state index in [0.717, 1.165) is 0 Å². The molecule has 1 aliphatic rings. The largest absolute Gasteiger partial charge is 0.508 e. The number of nitrogens with one attached hydrogen (secondary N) is 1. The summed E-state index contributed by atoms with van der Waals surface area (Å²) in [4.78, 5) is 0. The van der Waals surface area contributed by atoms with Crippen LogP contribution in [0.1, 0.15) is 11.6 Å². The third-order valence-corrected chi connectivity index (χ3v) is 3.10. The predicted molar refractivity (Wildman–Crippen MR) is 66.3 cm³/mol. The minimum atomic E-state index is -1.00. The highest BCUT2D eigenvalue weighted by molar-refractivity contribution is 5.53. The van der Waals surface area contributed by atoms with Crippen LogP contribution in [0.2, 0.25) is 0 Å². The predicted octanol–water partition coefficient (Wildman–Crippen LogP) is 3.36. The zero-order valence-electron chi connectivity index (χ0n) is 10.2. The van der Waals surface area contributed by atoms with E-state index in [1.54, 1.807) is 6.07 Å². The van der Waals surface area contributed by atoms with Crippen molar-refractivity contribution in [1.82, 2.24) is 0 Å². The Morgan fingerprint density at radius 3 is 2.50 bits per heavy atom. The molecule has 0 spiro atoms. The number of phenolic OH excluding ortho intramolecular Hbond substituents is 1. The van der Waals surface area contributed by atoms with E-state index in [4.69, 9.17) is 4.74 Å². The zero-order chi connectivity index (χ0) is 14.3. The molecule has 0 saturated heterocycles. The molecular weight excluding hydrogens is 271 g/mol. The lowest BCUT2D eigenvalue weighted by atomic mass is 10.1. The maximum Gasteiger partial charge on any atom is 0.152 e. The minimum absolute atomic E-state index is 0.0449. The first-order valence-corrected chi connectivity index (χ1v) is 5.91. The second kappa shape index (κ2) is 4.63. The lowest BCUT2D eigenvalue weighted by Gasteiger charge is -2.14.